The van der Waals surface area contributed by atoms with Gasteiger partial charge in [0.1, 0.15) is 0 Å². The van der Waals surface area contributed by atoms with Crippen molar-refractivity contribution < 1.29 is 4.79 Å². The second kappa shape index (κ2) is 5.81. The molecule has 0 bridgehead atoms. The highest BCUT2D eigenvalue weighted by molar-refractivity contribution is 5.96. The van der Waals surface area contributed by atoms with E-state index < -0.39 is 0 Å². The van der Waals surface area contributed by atoms with Gasteiger partial charge in [0.05, 0.1) is 0 Å². The molecule has 1 saturated carbocycles. The van der Waals surface area contributed by atoms with E-state index in [4.69, 9.17) is 0 Å². The van der Waals surface area contributed by atoms with Crippen LogP contribution < -0.4 is 5.32 Å². The van der Waals surface area contributed by atoms with Crippen molar-refractivity contribution in [1.29, 1.82) is 0 Å². The predicted molar refractivity (Wildman–Crippen MR) is 71.1 cm³/mol. The van der Waals surface area contributed by atoms with Crippen LogP contribution in [-0.2, 0) is 4.79 Å². The maximum absolute atomic E-state index is 12.3. The number of nitrogens with one attached hydrogen (secondary N) is 1. The Bertz CT molecular complexity index is 300. The summed E-state index contributed by atoms with van der Waals surface area (Å²) in [7, 11) is 2.02. The topological polar surface area (TPSA) is 29.1 Å². The molecule has 96 valence electrons. The fraction of sp³-hybridized carbons (Fsp3) is 0.800. The van der Waals surface area contributed by atoms with Crippen molar-refractivity contribution >= 4 is 5.78 Å². The lowest BCUT2D eigenvalue weighted by atomic mass is 9.77. The van der Waals surface area contributed by atoms with Crippen molar-refractivity contribution in [2.75, 3.05) is 7.05 Å². The van der Waals surface area contributed by atoms with Gasteiger partial charge in [-0.2, -0.15) is 0 Å². The fourth-order valence-electron chi connectivity index (χ4n) is 3.26. The van der Waals surface area contributed by atoms with E-state index in [2.05, 4.69) is 11.4 Å². The van der Waals surface area contributed by atoms with Crippen LogP contribution in [0.4, 0.5) is 0 Å². The van der Waals surface area contributed by atoms with Crippen LogP contribution in [0.5, 0.6) is 0 Å². The van der Waals surface area contributed by atoms with Crippen molar-refractivity contribution in [2.45, 2.75) is 69.7 Å². The Morgan fingerprint density at radius 2 is 2.00 bits per heavy atom. The lowest BCUT2D eigenvalue weighted by Crippen LogP contribution is -2.46. The summed E-state index contributed by atoms with van der Waals surface area (Å²) >= 11 is 0. The van der Waals surface area contributed by atoms with E-state index in [1.54, 1.807) is 0 Å². The zero-order valence-corrected chi connectivity index (χ0v) is 11.1. The van der Waals surface area contributed by atoms with Crippen molar-refractivity contribution in [3.05, 3.63) is 11.6 Å². The quantitative estimate of drug-likeness (QED) is 0.809. The summed E-state index contributed by atoms with van der Waals surface area (Å²) in [5.74, 6) is 0.404. The van der Waals surface area contributed by atoms with Gasteiger partial charge in [-0.1, -0.05) is 25.3 Å². The van der Waals surface area contributed by atoms with Gasteiger partial charge < -0.3 is 5.32 Å². The molecule has 0 unspecified atom stereocenters. The van der Waals surface area contributed by atoms with Crippen molar-refractivity contribution in [1.82, 2.24) is 5.32 Å². The molecule has 0 aromatic rings. The maximum atomic E-state index is 12.3. The molecule has 1 fully saturated rings. The summed E-state index contributed by atoms with van der Waals surface area (Å²) in [5, 5.41) is 3.44. The third-order valence-electron chi connectivity index (χ3n) is 4.49. The summed E-state index contributed by atoms with van der Waals surface area (Å²) < 4.78 is 0. The first-order valence-corrected chi connectivity index (χ1v) is 7.17. The van der Waals surface area contributed by atoms with Crippen LogP contribution in [0.15, 0.2) is 11.6 Å². The first kappa shape index (κ1) is 12.8. The zero-order chi connectivity index (χ0) is 12.1. The number of allylic oxidation sites excluding steroid dienone is 2. The standard InChI is InChI=1S/C15H25NO/c1-16-15(10-6-3-7-11-15)12-14(17)13-8-4-2-5-9-13/h8,16H,2-7,9-12H2,1H3. The molecule has 2 aliphatic rings. The Balaban J connectivity index is 1.97. The van der Waals surface area contributed by atoms with Crippen molar-refractivity contribution in [2.24, 2.45) is 0 Å². The smallest absolute Gasteiger partial charge is 0.160 e. The number of hydrogen-bond donors (Lipinski definition) is 1. The summed E-state index contributed by atoms with van der Waals surface area (Å²) in [6.45, 7) is 0. The lowest BCUT2D eigenvalue weighted by Gasteiger charge is -2.37. The second-order valence-corrected chi connectivity index (χ2v) is 5.67. The molecule has 1 N–H and O–H groups in total. The molecule has 2 nitrogen and oxygen atoms in total. The van der Waals surface area contributed by atoms with Crippen LogP contribution in [0.2, 0.25) is 0 Å². The van der Waals surface area contributed by atoms with E-state index in [9.17, 15) is 4.79 Å². The van der Waals surface area contributed by atoms with E-state index in [0.717, 1.165) is 24.8 Å². The van der Waals surface area contributed by atoms with Gasteiger partial charge in [-0.25, -0.2) is 0 Å². The Labute approximate surface area is 105 Å². The summed E-state index contributed by atoms with van der Waals surface area (Å²) in [6.07, 6.45) is 13.7. The van der Waals surface area contributed by atoms with Gasteiger partial charge >= 0.3 is 0 Å². The van der Waals surface area contributed by atoms with Crippen molar-refractivity contribution in [3.8, 4) is 0 Å². The van der Waals surface area contributed by atoms with Gasteiger partial charge in [-0.05, 0) is 51.1 Å². The molecule has 0 heterocycles. The van der Waals surface area contributed by atoms with Gasteiger partial charge in [-0.15, -0.1) is 0 Å². The first-order valence-electron chi connectivity index (χ1n) is 7.17. The molecule has 0 amide bonds. The minimum absolute atomic E-state index is 0.105. The summed E-state index contributed by atoms with van der Waals surface area (Å²) in [5.41, 5.74) is 1.21. The largest absolute Gasteiger partial charge is 0.314 e. The molecule has 2 aliphatic carbocycles. The minimum atomic E-state index is 0.105. The average molecular weight is 235 g/mol. The number of carbonyl (C=O) groups is 1. The monoisotopic (exact) mass is 235 g/mol. The number of carbonyl (C=O) groups excluding carboxylic acids is 1. The molecule has 2 rings (SSSR count). The molecule has 0 aromatic heterocycles. The molecule has 0 aromatic carbocycles. The Morgan fingerprint density at radius 1 is 1.24 bits per heavy atom. The molecular weight excluding hydrogens is 210 g/mol. The Hall–Kier alpha value is -0.630. The number of ketones is 1. The molecular formula is C15H25NO. The zero-order valence-electron chi connectivity index (χ0n) is 11.1. The molecule has 0 saturated heterocycles. The molecule has 2 heteroatoms. The van der Waals surface area contributed by atoms with Gasteiger partial charge in [-0.3, -0.25) is 4.79 Å². The van der Waals surface area contributed by atoms with Crippen LogP contribution in [-0.4, -0.2) is 18.4 Å². The maximum Gasteiger partial charge on any atom is 0.160 e. The van der Waals surface area contributed by atoms with E-state index in [0.29, 0.717) is 5.78 Å². The minimum Gasteiger partial charge on any atom is -0.314 e. The highest BCUT2D eigenvalue weighted by Crippen LogP contribution is 2.32. The molecule has 0 aliphatic heterocycles. The third-order valence-corrected chi connectivity index (χ3v) is 4.49. The number of hydrogen-bond acceptors (Lipinski definition) is 2. The van der Waals surface area contributed by atoms with Crippen LogP contribution in [0.1, 0.15) is 64.2 Å². The van der Waals surface area contributed by atoms with Gasteiger partial charge in [0.2, 0.25) is 0 Å². The molecule has 17 heavy (non-hydrogen) atoms. The predicted octanol–water partition coefficient (Wildman–Crippen LogP) is 3.37. The lowest BCUT2D eigenvalue weighted by molar-refractivity contribution is -0.117. The normalized spacial score (nSPS) is 24.2. The fourth-order valence-corrected chi connectivity index (χ4v) is 3.26. The molecule has 0 radical (unpaired) electrons. The van der Waals surface area contributed by atoms with Gasteiger partial charge in [0, 0.05) is 12.0 Å². The first-order chi connectivity index (χ1) is 8.26. The van der Waals surface area contributed by atoms with Crippen LogP contribution >= 0.6 is 0 Å². The Morgan fingerprint density at radius 3 is 2.59 bits per heavy atom. The van der Waals surface area contributed by atoms with Crippen molar-refractivity contribution in [3.63, 3.8) is 0 Å². The van der Waals surface area contributed by atoms with Crippen LogP contribution in [0.3, 0.4) is 0 Å². The van der Waals surface area contributed by atoms with Gasteiger partial charge in [0.25, 0.3) is 0 Å². The van der Waals surface area contributed by atoms with Crippen LogP contribution in [0.25, 0.3) is 0 Å². The number of Topliss-reactive ketones (excluding diaryl/α,β-unsaturated/α-hetero) is 1. The van der Waals surface area contributed by atoms with E-state index in [1.165, 1.54) is 44.9 Å². The average Bonchev–Trinajstić information content (AvgIpc) is 2.41. The van der Waals surface area contributed by atoms with Gasteiger partial charge in [0.15, 0.2) is 5.78 Å². The SMILES string of the molecule is CNC1(CC(=O)C2=CCCCC2)CCCCC1. The number of rotatable bonds is 4. The van der Waals surface area contributed by atoms with E-state index >= 15 is 0 Å². The third kappa shape index (κ3) is 3.19. The van der Waals surface area contributed by atoms with Crippen LogP contribution in [0, 0.1) is 0 Å². The molecule has 0 spiro atoms. The molecule has 0 atom stereocenters. The van der Waals surface area contributed by atoms with E-state index in [1.807, 2.05) is 7.05 Å². The summed E-state index contributed by atoms with van der Waals surface area (Å²) in [4.78, 5) is 12.3. The van der Waals surface area contributed by atoms with E-state index in [-0.39, 0.29) is 5.54 Å². The summed E-state index contributed by atoms with van der Waals surface area (Å²) in [6, 6.07) is 0. The highest BCUT2D eigenvalue weighted by Gasteiger charge is 2.33. The Kier molecular flexibility index (Phi) is 4.38. The highest BCUT2D eigenvalue weighted by atomic mass is 16.1. The second-order valence-electron chi connectivity index (χ2n) is 5.67.